The van der Waals surface area contributed by atoms with Crippen molar-refractivity contribution in [3.8, 4) is 6.07 Å². The Bertz CT molecular complexity index is 709. The van der Waals surface area contributed by atoms with Crippen LogP contribution in [-0.2, 0) is 11.2 Å². The highest BCUT2D eigenvalue weighted by atomic mass is 19.1. The lowest BCUT2D eigenvalue weighted by molar-refractivity contribution is -0.0619. The third-order valence-corrected chi connectivity index (χ3v) is 7.45. The fourth-order valence-corrected chi connectivity index (χ4v) is 6.61. The summed E-state index contributed by atoms with van der Waals surface area (Å²) >= 11 is 0. The van der Waals surface area contributed by atoms with E-state index in [4.69, 9.17) is 10.00 Å². The van der Waals surface area contributed by atoms with Crippen LogP contribution in [0.5, 0.6) is 0 Å². The van der Waals surface area contributed by atoms with E-state index in [1.54, 1.807) is 6.07 Å². The summed E-state index contributed by atoms with van der Waals surface area (Å²) in [5, 5.41) is 9.11. The van der Waals surface area contributed by atoms with Gasteiger partial charge in [-0.05, 0) is 78.4 Å². The number of hydrogen-bond donors (Lipinski definition) is 0. The van der Waals surface area contributed by atoms with Gasteiger partial charge in [0.05, 0.1) is 11.7 Å². The number of ether oxygens (including phenoxy) is 1. The predicted molar refractivity (Wildman–Crippen MR) is 91.1 cm³/mol. The number of benzene rings is 1. The molecule has 3 aliphatic rings. The molecule has 128 valence electrons. The van der Waals surface area contributed by atoms with Crippen LogP contribution in [-0.4, -0.2) is 13.2 Å². The fraction of sp³-hybridized carbons (Fsp3) is 0.667. The van der Waals surface area contributed by atoms with Crippen molar-refractivity contribution in [2.45, 2.75) is 58.0 Å². The third-order valence-electron chi connectivity index (χ3n) is 7.45. The van der Waals surface area contributed by atoms with Gasteiger partial charge in [-0.15, -0.1) is 0 Å². The van der Waals surface area contributed by atoms with Crippen molar-refractivity contribution in [3.05, 3.63) is 34.6 Å². The normalized spacial score (nSPS) is 40.4. The predicted octanol–water partition coefficient (Wildman–Crippen LogP) is 4.81. The topological polar surface area (TPSA) is 33.0 Å². The van der Waals surface area contributed by atoms with Gasteiger partial charge in [-0.3, -0.25) is 0 Å². The van der Waals surface area contributed by atoms with E-state index in [-0.39, 0.29) is 16.8 Å². The van der Waals surface area contributed by atoms with E-state index >= 15 is 0 Å². The molecule has 4 rings (SSSR count). The highest BCUT2D eigenvalue weighted by Gasteiger charge is 2.57. The van der Waals surface area contributed by atoms with E-state index in [0.29, 0.717) is 29.8 Å². The highest BCUT2D eigenvalue weighted by molar-refractivity contribution is 5.44. The van der Waals surface area contributed by atoms with Crippen LogP contribution in [0.2, 0.25) is 0 Å². The minimum atomic E-state index is -0.268. The Hall–Kier alpha value is -1.40. The van der Waals surface area contributed by atoms with Gasteiger partial charge in [0.25, 0.3) is 0 Å². The second kappa shape index (κ2) is 5.56. The molecule has 2 nitrogen and oxygen atoms in total. The molecule has 3 aliphatic carbocycles. The average Bonchev–Trinajstić information content (AvgIpc) is 2.90. The summed E-state index contributed by atoms with van der Waals surface area (Å²) in [5.74, 6) is 1.99. The first-order valence-corrected chi connectivity index (χ1v) is 9.25. The third kappa shape index (κ3) is 2.02. The fourth-order valence-electron chi connectivity index (χ4n) is 6.61. The van der Waals surface area contributed by atoms with Crippen LogP contribution in [0.4, 0.5) is 4.39 Å². The molecule has 0 aromatic heterocycles. The molecule has 1 aromatic carbocycles. The maximum atomic E-state index is 14.7. The molecule has 0 N–H and O–H groups in total. The van der Waals surface area contributed by atoms with Crippen molar-refractivity contribution in [1.29, 1.82) is 5.26 Å². The van der Waals surface area contributed by atoms with Gasteiger partial charge in [-0.2, -0.15) is 5.26 Å². The lowest BCUT2D eigenvalue weighted by Gasteiger charge is -2.53. The molecule has 3 heteroatoms. The number of fused-ring (bicyclic) bond motifs is 5. The number of rotatable bonds is 1. The molecule has 0 aliphatic heterocycles. The van der Waals surface area contributed by atoms with Gasteiger partial charge in [0.1, 0.15) is 11.9 Å². The Morgan fingerprint density at radius 1 is 1.29 bits per heavy atom. The summed E-state index contributed by atoms with van der Waals surface area (Å²) in [4.78, 5) is 0. The van der Waals surface area contributed by atoms with Crippen LogP contribution in [0.3, 0.4) is 0 Å². The van der Waals surface area contributed by atoms with E-state index in [0.717, 1.165) is 31.2 Å². The second-order valence-electron chi connectivity index (χ2n) is 8.43. The van der Waals surface area contributed by atoms with Crippen molar-refractivity contribution in [2.75, 3.05) is 7.11 Å². The smallest absolute Gasteiger partial charge is 0.144 e. The average molecular weight is 327 g/mol. The van der Waals surface area contributed by atoms with E-state index in [1.807, 2.05) is 19.2 Å². The van der Waals surface area contributed by atoms with E-state index in [1.165, 1.54) is 12.0 Å². The minimum absolute atomic E-state index is 0.195. The first kappa shape index (κ1) is 16.1. The summed E-state index contributed by atoms with van der Waals surface area (Å²) in [6.45, 7) is 4.75. The van der Waals surface area contributed by atoms with Crippen LogP contribution in [0.1, 0.15) is 62.1 Å². The van der Waals surface area contributed by atoms with Crippen molar-refractivity contribution in [1.82, 2.24) is 0 Å². The summed E-state index contributed by atoms with van der Waals surface area (Å²) in [5.41, 5.74) is 2.45. The molecule has 24 heavy (non-hydrogen) atoms. The molecule has 2 fully saturated rings. The van der Waals surface area contributed by atoms with E-state index < -0.39 is 0 Å². The number of methoxy groups -OCH3 is 1. The summed E-state index contributed by atoms with van der Waals surface area (Å²) < 4.78 is 20.5. The molecule has 1 aromatic rings. The van der Waals surface area contributed by atoms with Gasteiger partial charge in [-0.1, -0.05) is 19.9 Å². The van der Waals surface area contributed by atoms with Gasteiger partial charge in [0.2, 0.25) is 0 Å². The molecular formula is C21H26FNO. The first-order chi connectivity index (χ1) is 11.5. The molecule has 0 saturated heterocycles. The standard InChI is InChI=1S/C21H26FNO/c1-12-10-21(2)17(8-9-18(21)24-3)16-7-6-15-14(19(12)16)5-4-13(11-23)20(15)22/h4-5,12,16-19H,6-10H2,1-3H3/t12-,16?,17?,18-,19?,21-/m0/s1. The van der Waals surface area contributed by atoms with Gasteiger partial charge in [-0.25, -0.2) is 4.39 Å². The molecule has 6 atom stereocenters. The van der Waals surface area contributed by atoms with Crippen LogP contribution in [0.15, 0.2) is 12.1 Å². The maximum absolute atomic E-state index is 14.7. The minimum Gasteiger partial charge on any atom is -0.381 e. The first-order valence-electron chi connectivity index (χ1n) is 9.25. The van der Waals surface area contributed by atoms with Crippen molar-refractivity contribution >= 4 is 0 Å². The lowest BCUT2D eigenvalue weighted by atomic mass is 9.52. The molecule has 0 heterocycles. The Balaban J connectivity index is 1.76. The molecule has 0 amide bonds. The largest absolute Gasteiger partial charge is 0.381 e. The number of nitriles is 1. The molecule has 0 radical (unpaired) electrons. The molecule has 2 saturated carbocycles. The van der Waals surface area contributed by atoms with Crippen LogP contribution < -0.4 is 0 Å². The van der Waals surface area contributed by atoms with Gasteiger partial charge in [0.15, 0.2) is 0 Å². The molecule has 3 unspecified atom stereocenters. The van der Waals surface area contributed by atoms with Gasteiger partial charge in [0, 0.05) is 7.11 Å². The lowest BCUT2D eigenvalue weighted by Crippen LogP contribution is -2.47. The van der Waals surface area contributed by atoms with Gasteiger partial charge < -0.3 is 4.74 Å². The number of halogens is 1. The van der Waals surface area contributed by atoms with Crippen molar-refractivity contribution in [2.24, 2.45) is 23.2 Å². The van der Waals surface area contributed by atoms with Crippen LogP contribution >= 0.6 is 0 Å². The van der Waals surface area contributed by atoms with E-state index in [9.17, 15) is 4.39 Å². The van der Waals surface area contributed by atoms with Gasteiger partial charge >= 0.3 is 0 Å². The second-order valence-corrected chi connectivity index (χ2v) is 8.43. The maximum Gasteiger partial charge on any atom is 0.144 e. The van der Waals surface area contributed by atoms with E-state index in [2.05, 4.69) is 13.8 Å². The number of nitrogens with zero attached hydrogens (tertiary/aromatic N) is 1. The Kier molecular flexibility index (Phi) is 3.73. The molecular weight excluding hydrogens is 301 g/mol. The highest BCUT2D eigenvalue weighted by Crippen LogP contribution is 2.63. The zero-order chi connectivity index (χ0) is 17.1. The zero-order valence-electron chi connectivity index (χ0n) is 14.8. The molecule has 0 spiro atoms. The van der Waals surface area contributed by atoms with Crippen molar-refractivity contribution in [3.63, 3.8) is 0 Å². The van der Waals surface area contributed by atoms with Crippen LogP contribution in [0, 0.1) is 40.3 Å². The molecule has 0 bridgehead atoms. The summed E-state index contributed by atoms with van der Waals surface area (Å²) in [6.07, 6.45) is 5.72. The Morgan fingerprint density at radius 3 is 2.79 bits per heavy atom. The summed E-state index contributed by atoms with van der Waals surface area (Å²) in [6, 6.07) is 5.72. The van der Waals surface area contributed by atoms with Crippen molar-refractivity contribution < 1.29 is 9.13 Å². The SMILES string of the molecule is CO[C@H]1CCC2C3CCc4c(ccc(C#N)c4F)C3[C@@H](C)C[C@@]21C. The monoisotopic (exact) mass is 327 g/mol. The quantitative estimate of drug-likeness (QED) is 0.741. The van der Waals surface area contributed by atoms with Crippen LogP contribution in [0.25, 0.3) is 0 Å². The number of hydrogen-bond acceptors (Lipinski definition) is 2. The Labute approximate surface area is 144 Å². The Morgan fingerprint density at radius 2 is 2.08 bits per heavy atom. The zero-order valence-corrected chi connectivity index (χ0v) is 14.8. The summed E-state index contributed by atoms with van der Waals surface area (Å²) in [7, 11) is 1.85.